The number of fused-ring (bicyclic) bond motifs is 1. The molecule has 1 amide bonds. The number of aromatic amines is 1. The first-order chi connectivity index (χ1) is 14.1. The smallest absolute Gasteiger partial charge is 0.412 e. The van der Waals surface area contributed by atoms with Gasteiger partial charge in [0.2, 0.25) is 0 Å². The van der Waals surface area contributed by atoms with Crippen LogP contribution in [0.2, 0.25) is 0 Å². The largest absolute Gasteiger partial charge is 0.451 e. The van der Waals surface area contributed by atoms with Gasteiger partial charge in [-0.15, -0.1) is 0 Å². The van der Waals surface area contributed by atoms with E-state index in [0.29, 0.717) is 16.6 Å². The van der Waals surface area contributed by atoms with Crippen molar-refractivity contribution in [3.05, 3.63) is 70.3 Å². The van der Waals surface area contributed by atoms with Gasteiger partial charge in [-0.25, -0.2) is 14.6 Å². The van der Waals surface area contributed by atoms with E-state index in [1.807, 2.05) is 0 Å². The lowest BCUT2D eigenvalue weighted by molar-refractivity contribution is 0.0319. The fourth-order valence-electron chi connectivity index (χ4n) is 2.73. The quantitative estimate of drug-likeness (QED) is 0.625. The van der Waals surface area contributed by atoms with Gasteiger partial charge in [-0.2, -0.15) is 0 Å². The molecule has 8 nitrogen and oxygen atoms in total. The Morgan fingerprint density at radius 2 is 1.83 bits per heavy atom. The monoisotopic (exact) mass is 409 g/mol. The minimum absolute atomic E-state index is 0.235. The van der Waals surface area contributed by atoms with Gasteiger partial charge in [0.15, 0.2) is 11.9 Å². The fraction of sp³-hybridized carbons (Fsp3) is 0.273. The molecule has 1 atom stereocenters. The Balaban J connectivity index is 1.73. The summed E-state index contributed by atoms with van der Waals surface area (Å²) in [5.74, 6) is -0.374. The Bertz CT molecular complexity index is 1150. The number of hydrogen-bond acceptors (Lipinski definition) is 6. The van der Waals surface area contributed by atoms with Crippen molar-refractivity contribution in [1.29, 1.82) is 0 Å². The highest BCUT2D eigenvalue weighted by Crippen LogP contribution is 2.19. The molecule has 30 heavy (non-hydrogen) atoms. The molecule has 0 aliphatic carbocycles. The van der Waals surface area contributed by atoms with Crippen molar-refractivity contribution in [2.45, 2.75) is 39.4 Å². The second kappa shape index (κ2) is 8.36. The Kier molecular flexibility index (Phi) is 5.86. The second-order valence-corrected chi connectivity index (χ2v) is 7.72. The molecule has 0 spiro atoms. The number of nitrogens with one attached hydrogen (secondary N) is 2. The van der Waals surface area contributed by atoms with Gasteiger partial charge in [0.25, 0.3) is 5.56 Å². The number of para-hydroxylation sites is 1. The maximum absolute atomic E-state index is 12.6. The first kappa shape index (κ1) is 21.0. The molecule has 0 saturated heterocycles. The van der Waals surface area contributed by atoms with Crippen molar-refractivity contribution >= 4 is 28.7 Å². The number of H-pyrrole nitrogens is 1. The summed E-state index contributed by atoms with van der Waals surface area (Å²) in [6.07, 6.45) is -1.41. The Morgan fingerprint density at radius 3 is 2.57 bits per heavy atom. The zero-order valence-electron chi connectivity index (χ0n) is 17.2. The van der Waals surface area contributed by atoms with Crippen molar-refractivity contribution < 1.29 is 19.1 Å². The average Bonchev–Trinajstić information content (AvgIpc) is 2.66. The van der Waals surface area contributed by atoms with Crippen molar-refractivity contribution in [3.8, 4) is 0 Å². The molecule has 0 radical (unpaired) electrons. The summed E-state index contributed by atoms with van der Waals surface area (Å²) >= 11 is 0. The van der Waals surface area contributed by atoms with Gasteiger partial charge in [-0.1, -0.05) is 18.2 Å². The van der Waals surface area contributed by atoms with Crippen LogP contribution in [0.15, 0.2) is 53.3 Å². The summed E-state index contributed by atoms with van der Waals surface area (Å²) < 4.78 is 10.7. The minimum atomic E-state index is -0.780. The highest BCUT2D eigenvalue weighted by atomic mass is 16.6. The first-order valence-corrected chi connectivity index (χ1v) is 9.42. The van der Waals surface area contributed by atoms with Crippen molar-refractivity contribution in [3.63, 3.8) is 0 Å². The van der Waals surface area contributed by atoms with Crippen LogP contribution in [-0.4, -0.2) is 27.6 Å². The van der Waals surface area contributed by atoms with Crippen LogP contribution >= 0.6 is 0 Å². The van der Waals surface area contributed by atoms with E-state index < -0.39 is 23.8 Å². The molecular weight excluding hydrogens is 386 g/mol. The normalized spacial score (nSPS) is 12.3. The van der Waals surface area contributed by atoms with Gasteiger partial charge in [0.05, 0.1) is 16.5 Å². The van der Waals surface area contributed by atoms with Crippen LogP contribution in [0.25, 0.3) is 10.9 Å². The van der Waals surface area contributed by atoms with Gasteiger partial charge in [-0.3, -0.25) is 10.1 Å². The van der Waals surface area contributed by atoms with Crippen LogP contribution in [0, 0.1) is 0 Å². The summed E-state index contributed by atoms with van der Waals surface area (Å²) in [6, 6.07) is 13.2. The molecule has 0 fully saturated rings. The van der Waals surface area contributed by atoms with Gasteiger partial charge < -0.3 is 14.5 Å². The third-order valence-electron chi connectivity index (χ3n) is 4.04. The summed E-state index contributed by atoms with van der Waals surface area (Å²) in [5.41, 5.74) is 0.201. The van der Waals surface area contributed by atoms with Gasteiger partial charge >= 0.3 is 12.1 Å². The Labute approximate surface area is 173 Å². The number of benzene rings is 2. The number of esters is 1. The van der Waals surface area contributed by atoms with Gasteiger partial charge in [0, 0.05) is 5.69 Å². The molecule has 3 aromatic rings. The van der Waals surface area contributed by atoms with Gasteiger partial charge in [0.1, 0.15) is 5.60 Å². The maximum Gasteiger partial charge on any atom is 0.412 e. The Hall–Kier alpha value is -3.68. The molecule has 1 heterocycles. The van der Waals surface area contributed by atoms with Crippen molar-refractivity contribution in [2.24, 2.45) is 0 Å². The van der Waals surface area contributed by atoms with Gasteiger partial charge in [-0.05, 0) is 58.0 Å². The van der Waals surface area contributed by atoms with E-state index in [9.17, 15) is 14.4 Å². The summed E-state index contributed by atoms with van der Waals surface area (Å²) in [6.45, 7) is 6.89. The lowest BCUT2D eigenvalue weighted by Crippen LogP contribution is -2.27. The van der Waals surface area contributed by atoms with E-state index >= 15 is 0 Å². The molecule has 3 rings (SSSR count). The van der Waals surface area contributed by atoms with Crippen LogP contribution in [0.1, 0.15) is 50.0 Å². The molecule has 8 heteroatoms. The van der Waals surface area contributed by atoms with E-state index in [0.717, 1.165) is 0 Å². The predicted octanol–water partition coefficient (Wildman–Crippen LogP) is 4.19. The number of carbonyl (C=O) groups excluding carboxylic acids is 2. The number of rotatable bonds is 4. The van der Waals surface area contributed by atoms with Crippen LogP contribution in [0.3, 0.4) is 0 Å². The van der Waals surface area contributed by atoms with Crippen LogP contribution in [0.4, 0.5) is 10.5 Å². The minimum Gasteiger partial charge on any atom is -0.451 e. The van der Waals surface area contributed by atoms with Crippen LogP contribution in [0.5, 0.6) is 0 Å². The first-order valence-electron chi connectivity index (χ1n) is 9.42. The Morgan fingerprint density at radius 1 is 1.10 bits per heavy atom. The zero-order chi connectivity index (χ0) is 21.9. The zero-order valence-corrected chi connectivity index (χ0v) is 17.2. The predicted molar refractivity (Wildman–Crippen MR) is 112 cm³/mol. The molecule has 2 aromatic carbocycles. The third-order valence-corrected chi connectivity index (χ3v) is 4.04. The summed E-state index contributed by atoms with van der Waals surface area (Å²) in [7, 11) is 0. The standard InChI is InChI=1S/C22H23N3O5/c1-13(18-24-17-11-6-5-10-16(17)19(26)25-18)29-20(27)14-8-7-9-15(12-14)23-21(28)30-22(2,3)4/h5-13H,1-4H3,(H,23,28)(H,24,25,26)/t13-/m0/s1. The van der Waals surface area contributed by atoms with Crippen molar-refractivity contribution in [1.82, 2.24) is 9.97 Å². The molecule has 2 N–H and O–H groups in total. The highest BCUT2D eigenvalue weighted by Gasteiger charge is 2.19. The van der Waals surface area contributed by atoms with E-state index in [-0.39, 0.29) is 16.9 Å². The number of carbonyl (C=O) groups is 2. The van der Waals surface area contributed by atoms with Crippen molar-refractivity contribution in [2.75, 3.05) is 5.32 Å². The summed E-state index contributed by atoms with van der Waals surface area (Å²) in [4.78, 5) is 43.7. The molecule has 0 bridgehead atoms. The molecule has 0 aliphatic rings. The number of hydrogen-bond donors (Lipinski definition) is 2. The molecular formula is C22H23N3O5. The number of ether oxygens (including phenoxy) is 2. The fourth-order valence-corrected chi connectivity index (χ4v) is 2.73. The van der Waals surface area contributed by atoms with Crippen LogP contribution < -0.4 is 10.9 Å². The number of anilines is 1. The van der Waals surface area contributed by atoms with E-state index in [1.165, 1.54) is 6.07 Å². The van der Waals surface area contributed by atoms with E-state index in [2.05, 4.69) is 15.3 Å². The SMILES string of the molecule is C[C@H](OC(=O)c1cccc(NC(=O)OC(C)(C)C)c1)c1nc2ccccc2c(=O)[nH]1. The number of nitrogens with zero attached hydrogens (tertiary/aromatic N) is 1. The second-order valence-electron chi connectivity index (χ2n) is 7.72. The topological polar surface area (TPSA) is 110 Å². The van der Waals surface area contributed by atoms with E-state index in [1.54, 1.807) is 70.2 Å². The molecule has 156 valence electrons. The number of amides is 1. The summed E-state index contributed by atoms with van der Waals surface area (Å²) in [5, 5.41) is 3.04. The molecule has 0 unspecified atom stereocenters. The average molecular weight is 409 g/mol. The highest BCUT2D eigenvalue weighted by molar-refractivity contribution is 5.92. The van der Waals surface area contributed by atoms with Crippen LogP contribution in [-0.2, 0) is 9.47 Å². The third kappa shape index (κ3) is 5.22. The number of aromatic nitrogens is 2. The molecule has 0 saturated carbocycles. The lowest BCUT2D eigenvalue weighted by atomic mass is 10.2. The molecule has 0 aliphatic heterocycles. The lowest BCUT2D eigenvalue weighted by Gasteiger charge is -2.19. The maximum atomic E-state index is 12.6. The molecule has 1 aromatic heterocycles. The van der Waals surface area contributed by atoms with E-state index in [4.69, 9.17) is 9.47 Å².